The first kappa shape index (κ1) is 19.5. The molecule has 142 valence electrons. The van der Waals surface area contributed by atoms with E-state index in [1.807, 2.05) is 37.3 Å². The molecule has 0 N–H and O–H groups in total. The monoisotopic (exact) mass is 394 g/mol. The van der Waals surface area contributed by atoms with Crippen molar-refractivity contribution in [3.8, 4) is 29.0 Å². The van der Waals surface area contributed by atoms with Gasteiger partial charge < -0.3 is 13.9 Å². The average molecular weight is 394 g/mol. The number of hydrogen-bond acceptors (Lipinski definition) is 7. The highest BCUT2D eigenvalue weighted by Crippen LogP contribution is 2.24. The highest BCUT2D eigenvalue weighted by molar-refractivity contribution is 7.99. The van der Waals surface area contributed by atoms with E-state index in [2.05, 4.69) is 22.0 Å². The molecule has 0 saturated carbocycles. The largest absolute Gasteiger partial charge is 0.494 e. The minimum Gasteiger partial charge on any atom is -0.494 e. The quantitative estimate of drug-likeness (QED) is 0.339. The zero-order valence-corrected chi connectivity index (χ0v) is 16.1. The van der Waals surface area contributed by atoms with Crippen molar-refractivity contribution in [2.24, 2.45) is 0 Å². The molecular weight excluding hydrogens is 376 g/mol. The highest BCUT2D eigenvalue weighted by atomic mass is 32.2. The van der Waals surface area contributed by atoms with Gasteiger partial charge in [-0.15, -0.1) is 10.2 Å². The first-order valence-corrected chi connectivity index (χ1v) is 9.62. The van der Waals surface area contributed by atoms with Crippen LogP contribution in [0.2, 0.25) is 0 Å². The van der Waals surface area contributed by atoms with Crippen LogP contribution < -0.4 is 4.74 Å². The summed E-state index contributed by atoms with van der Waals surface area (Å²) in [5.74, 6) is 7.00. The Bertz CT molecular complexity index is 959. The predicted octanol–water partition coefficient (Wildman–Crippen LogP) is 4.09. The standard InChI is InChI=1S/C21H18N2O4S/c1-2-25-18-12-10-16(11-13-18)19-22-23-21(27-19)28-15-7-6-14-26-20(24)17-8-4-3-5-9-17/h3-5,8-13H,2,14-15H2,1H3. The molecule has 7 heteroatoms. The molecule has 0 aliphatic heterocycles. The smallest absolute Gasteiger partial charge is 0.339 e. The van der Waals surface area contributed by atoms with Crippen LogP contribution in [0.5, 0.6) is 5.75 Å². The lowest BCUT2D eigenvalue weighted by Gasteiger charge is -2.02. The zero-order valence-electron chi connectivity index (χ0n) is 15.3. The van der Waals surface area contributed by atoms with Gasteiger partial charge in [-0.05, 0) is 43.3 Å². The van der Waals surface area contributed by atoms with E-state index in [0.29, 0.717) is 29.0 Å². The molecule has 0 bridgehead atoms. The van der Waals surface area contributed by atoms with Crippen LogP contribution in [0.1, 0.15) is 17.3 Å². The second-order valence-corrected chi connectivity index (χ2v) is 6.34. The van der Waals surface area contributed by atoms with Crippen molar-refractivity contribution in [3.63, 3.8) is 0 Å². The zero-order chi connectivity index (χ0) is 19.6. The molecule has 1 heterocycles. The molecule has 6 nitrogen and oxygen atoms in total. The fourth-order valence-corrected chi connectivity index (χ4v) is 2.74. The molecule has 28 heavy (non-hydrogen) atoms. The van der Waals surface area contributed by atoms with E-state index < -0.39 is 0 Å². The average Bonchev–Trinajstić information content (AvgIpc) is 3.21. The van der Waals surface area contributed by atoms with Crippen molar-refractivity contribution < 1.29 is 18.7 Å². The third kappa shape index (κ3) is 5.63. The van der Waals surface area contributed by atoms with E-state index in [1.165, 1.54) is 11.8 Å². The minimum absolute atomic E-state index is 0.0373. The van der Waals surface area contributed by atoms with Gasteiger partial charge in [0, 0.05) is 5.56 Å². The van der Waals surface area contributed by atoms with Crippen LogP contribution in [-0.4, -0.2) is 35.1 Å². The number of aromatic nitrogens is 2. The molecule has 3 aromatic rings. The third-order valence-electron chi connectivity index (χ3n) is 3.50. The molecule has 0 saturated heterocycles. The fraction of sp³-hybridized carbons (Fsp3) is 0.190. The Hall–Kier alpha value is -3.24. The van der Waals surface area contributed by atoms with Gasteiger partial charge in [0.25, 0.3) is 5.22 Å². The van der Waals surface area contributed by atoms with Crippen LogP contribution in [0.25, 0.3) is 11.5 Å². The van der Waals surface area contributed by atoms with Crippen molar-refractivity contribution in [2.45, 2.75) is 12.1 Å². The number of carbonyl (C=O) groups excluding carboxylic acids is 1. The molecule has 0 spiro atoms. The van der Waals surface area contributed by atoms with Crippen molar-refractivity contribution >= 4 is 17.7 Å². The molecule has 0 fully saturated rings. The van der Waals surface area contributed by atoms with Gasteiger partial charge in [-0.1, -0.05) is 41.8 Å². The van der Waals surface area contributed by atoms with Gasteiger partial charge in [0.1, 0.15) is 5.75 Å². The first-order chi connectivity index (χ1) is 13.8. The van der Waals surface area contributed by atoms with Crippen molar-refractivity contribution in [1.29, 1.82) is 0 Å². The number of rotatable bonds is 7. The van der Waals surface area contributed by atoms with Crippen molar-refractivity contribution in [2.75, 3.05) is 19.0 Å². The molecule has 3 rings (SSSR count). The Morgan fingerprint density at radius 2 is 1.86 bits per heavy atom. The highest BCUT2D eigenvalue weighted by Gasteiger charge is 2.09. The Morgan fingerprint density at radius 1 is 1.07 bits per heavy atom. The van der Waals surface area contributed by atoms with Crippen LogP contribution in [0.15, 0.2) is 64.2 Å². The normalized spacial score (nSPS) is 10.0. The van der Waals surface area contributed by atoms with Crippen LogP contribution in [0.4, 0.5) is 0 Å². The van der Waals surface area contributed by atoms with E-state index in [0.717, 1.165) is 11.3 Å². The predicted molar refractivity (Wildman–Crippen MR) is 106 cm³/mol. The van der Waals surface area contributed by atoms with Gasteiger partial charge in [-0.3, -0.25) is 0 Å². The maximum Gasteiger partial charge on any atom is 0.339 e. The van der Waals surface area contributed by atoms with Crippen LogP contribution in [0, 0.1) is 11.8 Å². The lowest BCUT2D eigenvalue weighted by atomic mass is 10.2. The number of esters is 1. The number of thioether (sulfide) groups is 1. The van der Waals surface area contributed by atoms with E-state index in [-0.39, 0.29) is 12.6 Å². The molecule has 0 aliphatic rings. The van der Waals surface area contributed by atoms with Gasteiger partial charge in [-0.25, -0.2) is 4.79 Å². The van der Waals surface area contributed by atoms with Gasteiger partial charge in [0.15, 0.2) is 6.61 Å². The molecule has 0 unspecified atom stereocenters. The Morgan fingerprint density at radius 3 is 2.61 bits per heavy atom. The van der Waals surface area contributed by atoms with Crippen molar-refractivity contribution in [3.05, 3.63) is 60.2 Å². The maximum absolute atomic E-state index is 11.8. The minimum atomic E-state index is -0.389. The topological polar surface area (TPSA) is 74.5 Å². The Labute approximate surface area is 167 Å². The second kappa shape index (κ2) is 10.2. The van der Waals surface area contributed by atoms with Gasteiger partial charge in [-0.2, -0.15) is 0 Å². The van der Waals surface area contributed by atoms with E-state index >= 15 is 0 Å². The van der Waals surface area contributed by atoms with Crippen LogP contribution in [0.3, 0.4) is 0 Å². The number of carbonyl (C=O) groups is 1. The third-order valence-corrected chi connectivity index (χ3v) is 4.20. The molecule has 0 radical (unpaired) electrons. The van der Waals surface area contributed by atoms with Crippen LogP contribution >= 0.6 is 11.8 Å². The summed E-state index contributed by atoms with van der Waals surface area (Å²) in [5, 5.41) is 8.47. The molecule has 1 aromatic heterocycles. The summed E-state index contributed by atoms with van der Waals surface area (Å²) in [6.45, 7) is 2.59. The summed E-state index contributed by atoms with van der Waals surface area (Å²) in [6.07, 6.45) is 0. The maximum atomic E-state index is 11.8. The molecular formula is C21H18N2O4S. The number of nitrogens with zero attached hydrogens (tertiary/aromatic N) is 2. The lowest BCUT2D eigenvalue weighted by molar-refractivity contribution is 0.0556. The number of ether oxygens (including phenoxy) is 2. The summed E-state index contributed by atoms with van der Waals surface area (Å²) in [4.78, 5) is 11.8. The lowest BCUT2D eigenvalue weighted by Crippen LogP contribution is -2.04. The van der Waals surface area contributed by atoms with Gasteiger partial charge >= 0.3 is 5.97 Å². The summed E-state index contributed by atoms with van der Waals surface area (Å²) in [6, 6.07) is 16.3. The first-order valence-electron chi connectivity index (χ1n) is 8.63. The fourth-order valence-electron chi connectivity index (χ4n) is 2.20. The van der Waals surface area contributed by atoms with Crippen LogP contribution in [-0.2, 0) is 4.74 Å². The molecule has 0 amide bonds. The van der Waals surface area contributed by atoms with E-state index in [1.54, 1.807) is 24.3 Å². The second-order valence-electron chi connectivity index (χ2n) is 5.41. The molecule has 0 aliphatic carbocycles. The Balaban J connectivity index is 1.44. The van der Waals surface area contributed by atoms with Gasteiger partial charge in [0.05, 0.1) is 17.9 Å². The van der Waals surface area contributed by atoms with E-state index in [9.17, 15) is 4.79 Å². The summed E-state index contributed by atoms with van der Waals surface area (Å²) in [7, 11) is 0. The SMILES string of the molecule is CCOc1ccc(-c2nnc(SCC#CCOC(=O)c3ccccc3)o2)cc1. The van der Waals surface area contributed by atoms with E-state index in [4.69, 9.17) is 13.9 Å². The Kier molecular flexibility index (Phi) is 7.10. The van der Waals surface area contributed by atoms with Gasteiger partial charge in [0.2, 0.25) is 5.89 Å². The number of benzene rings is 2. The summed E-state index contributed by atoms with van der Waals surface area (Å²) in [5.41, 5.74) is 1.33. The molecule has 2 aromatic carbocycles. The summed E-state index contributed by atoms with van der Waals surface area (Å²) >= 11 is 1.32. The molecule has 0 atom stereocenters. The number of hydrogen-bond donors (Lipinski definition) is 0. The summed E-state index contributed by atoms with van der Waals surface area (Å²) < 4.78 is 16.1. The van der Waals surface area contributed by atoms with Crippen molar-refractivity contribution in [1.82, 2.24) is 10.2 Å².